The Balaban J connectivity index is 2.42. The van der Waals surface area contributed by atoms with Crippen molar-refractivity contribution in [2.75, 3.05) is 32.9 Å². The molecule has 0 bridgehead atoms. The highest BCUT2D eigenvalue weighted by Gasteiger charge is 2.46. The number of amides is 2. The van der Waals surface area contributed by atoms with E-state index in [2.05, 4.69) is 25.7 Å². The Morgan fingerprint density at radius 3 is 2.25 bits per heavy atom. The number of nitrogens with zero attached hydrogens (tertiary/aromatic N) is 1. The quantitative estimate of drug-likeness (QED) is 0.209. The van der Waals surface area contributed by atoms with Crippen LogP contribution >= 0.6 is 0 Å². The average Bonchev–Trinajstić information content (AvgIpc) is 3.12. The summed E-state index contributed by atoms with van der Waals surface area (Å²) < 4.78 is 15.1. The lowest BCUT2D eigenvalue weighted by Gasteiger charge is -2.45. The number of hydrogen-bond acceptors (Lipinski definition) is 7. The second-order valence-electron chi connectivity index (χ2n) is 9.07. The van der Waals surface area contributed by atoms with Crippen LogP contribution in [0.5, 0.6) is 0 Å². The van der Waals surface area contributed by atoms with Gasteiger partial charge in [-0.25, -0.2) is 9.59 Å². The normalized spacial score (nSPS) is 15.8. The number of alkyl carbamates (subject to hydrolysis) is 1. The minimum absolute atomic E-state index is 0.00108. The Bertz CT molecular complexity index is 702. The van der Waals surface area contributed by atoms with E-state index in [-0.39, 0.29) is 49.8 Å². The Hall–Kier alpha value is -2.58. The van der Waals surface area contributed by atoms with Crippen LogP contribution in [0.3, 0.4) is 0 Å². The first kappa shape index (κ1) is 27.5. The van der Waals surface area contributed by atoms with E-state index in [9.17, 15) is 19.2 Å². The van der Waals surface area contributed by atoms with Crippen molar-refractivity contribution < 1.29 is 33.4 Å². The third-order valence-electron chi connectivity index (χ3n) is 5.82. The summed E-state index contributed by atoms with van der Waals surface area (Å²) in [6.07, 6.45) is 0.689. The van der Waals surface area contributed by atoms with Crippen molar-refractivity contribution in [2.45, 2.75) is 60.4 Å². The van der Waals surface area contributed by atoms with Crippen LogP contribution in [0.25, 0.3) is 0 Å². The highest BCUT2D eigenvalue weighted by atomic mass is 16.6. The number of rotatable bonds is 12. The van der Waals surface area contributed by atoms with Gasteiger partial charge < -0.3 is 24.4 Å². The van der Waals surface area contributed by atoms with Gasteiger partial charge in [-0.3, -0.25) is 9.59 Å². The molecular weight excluding hydrogens is 416 g/mol. The van der Waals surface area contributed by atoms with Crippen LogP contribution < -0.4 is 5.32 Å². The maximum Gasteiger partial charge on any atom is 0.407 e. The van der Waals surface area contributed by atoms with Crippen molar-refractivity contribution in [2.24, 2.45) is 17.3 Å². The molecular formula is C23H38N2O7. The van der Waals surface area contributed by atoms with Crippen molar-refractivity contribution in [1.82, 2.24) is 10.2 Å². The summed E-state index contributed by atoms with van der Waals surface area (Å²) in [6, 6.07) is -0.0824. The van der Waals surface area contributed by atoms with Crippen LogP contribution in [-0.2, 0) is 28.6 Å². The van der Waals surface area contributed by atoms with Crippen LogP contribution in [0.4, 0.5) is 4.79 Å². The molecule has 9 heteroatoms. The molecule has 0 radical (unpaired) electrons. The number of ether oxygens (including phenoxy) is 3. The highest BCUT2D eigenvalue weighted by Crippen LogP contribution is 2.39. The van der Waals surface area contributed by atoms with Crippen molar-refractivity contribution in [3.05, 3.63) is 12.2 Å². The number of carbonyl (C=O) groups excluding carboxylic acids is 4. The molecule has 1 aliphatic rings. The van der Waals surface area contributed by atoms with Gasteiger partial charge in [0.1, 0.15) is 19.8 Å². The molecule has 0 aliphatic carbocycles. The molecule has 9 nitrogen and oxygen atoms in total. The van der Waals surface area contributed by atoms with Gasteiger partial charge in [-0.1, -0.05) is 41.2 Å². The summed E-state index contributed by atoms with van der Waals surface area (Å²) in [7, 11) is 0. The van der Waals surface area contributed by atoms with Gasteiger partial charge in [-0.15, -0.1) is 0 Å². The molecule has 1 aliphatic heterocycles. The third-order valence-corrected chi connectivity index (χ3v) is 5.82. The van der Waals surface area contributed by atoms with Crippen LogP contribution in [0.15, 0.2) is 12.2 Å². The summed E-state index contributed by atoms with van der Waals surface area (Å²) in [5.41, 5.74) is -0.219. The van der Waals surface area contributed by atoms with Gasteiger partial charge in [-0.2, -0.15) is 0 Å². The van der Waals surface area contributed by atoms with E-state index in [1.165, 1.54) is 6.92 Å². The van der Waals surface area contributed by atoms with E-state index in [1.807, 2.05) is 18.7 Å². The zero-order valence-corrected chi connectivity index (χ0v) is 20.2. The summed E-state index contributed by atoms with van der Waals surface area (Å²) >= 11 is 0. The van der Waals surface area contributed by atoms with Crippen LogP contribution in [0.1, 0.15) is 54.4 Å². The summed E-state index contributed by atoms with van der Waals surface area (Å²) in [5, 5.41) is 2.43. The number of esters is 2. The van der Waals surface area contributed by atoms with Crippen molar-refractivity contribution >= 4 is 23.9 Å². The Labute approximate surface area is 190 Å². The van der Waals surface area contributed by atoms with Gasteiger partial charge >= 0.3 is 18.0 Å². The lowest BCUT2D eigenvalue weighted by atomic mass is 9.69. The molecule has 1 saturated heterocycles. The van der Waals surface area contributed by atoms with Crippen LogP contribution in [0, 0.1) is 17.3 Å². The summed E-state index contributed by atoms with van der Waals surface area (Å²) in [5.74, 6) is -1.07. The Kier molecular flexibility index (Phi) is 10.7. The lowest BCUT2D eigenvalue weighted by Crippen LogP contribution is -2.53. The predicted octanol–water partition coefficient (Wildman–Crippen LogP) is 2.68. The van der Waals surface area contributed by atoms with E-state index in [0.717, 1.165) is 6.42 Å². The monoisotopic (exact) mass is 454 g/mol. The minimum atomic E-state index is -0.701. The minimum Gasteiger partial charge on any atom is -0.462 e. The maximum atomic E-state index is 12.7. The topological polar surface area (TPSA) is 111 Å². The number of carbonyl (C=O) groups is 4. The first-order chi connectivity index (χ1) is 14.9. The van der Waals surface area contributed by atoms with Crippen LogP contribution in [-0.4, -0.2) is 67.8 Å². The standard InChI is InChI=1S/C23H38N2O7/c1-15(2)19(25-11-8-9-18(25)26)23(6,7)17(5)21(28)31-13-14-32-22(29)24-10-12-30-20(27)16(3)4/h15,17,19H,3,8-14H2,1-2,4-7H3,(H,24,29). The number of hydrogen-bond donors (Lipinski definition) is 1. The third kappa shape index (κ3) is 7.84. The first-order valence-corrected chi connectivity index (χ1v) is 11.1. The summed E-state index contributed by atoms with van der Waals surface area (Å²) in [4.78, 5) is 49.7. The molecule has 32 heavy (non-hydrogen) atoms. The predicted molar refractivity (Wildman–Crippen MR) is 119 cm³/mol. The van der Waals surface area contributed by atoms with Gasteiger partial charge in [0.05, 0.1) is 12.5 Å². The van der Waals surface area contributed by atoms with Gasteiger partial charge in [0.2, 0.25) is 5.91 Å². The molecule has 1 heterocycles. The van der Waals surface area contributed by atoms with E-state index in [1.54, 1.807) is 6.92 Å². The maximum absolute atomic E-state index is 12.7. The van der Waals surface area contributed by atoms with E-state index in [4.69, 9.17) is 14.2 Å². The van der Waals surface area contributed by atoms with Crippen molar-refractivity contribution in [3.8, 4) is 0 Å². The molecule has 0 spiro atoms. The molecule has 0 aromatic carbocycles. The van der Waals surface area contributed by atoms with E-state index >= 15 is 0 Å². The fourth-order valence-corrected chi connectivity index (χ4v) is 4.02. The molecule has 0 saturated carbocycles. The molecule has 1 rings (SSSR count). The molecule has 1 N–H and O–H groups in total. The highest BCUT2D eigenvalue weighted by molar-refractivity contribution is 5.86. The smallest absolute Gasteiger partial charge is 0.407 e. The van der Waals surface area contributed by atoms with Gasteiger partial charge in [0.15, 0.2) is 0 Å². The van der Waals surface area contributed by atoms with Gasteiger partial charge in [-0.05, 0) is 24.7 Å². The van der Waals surface area contributed by atoms with Crippen LogP contribution in [0.2, 0.25) is 0 Å². The van der Waals surface area contributed by atoms with Crippen molar-refractivity contribution in [3.63, 3.8) is 0 Å². The number of nitrogens with one attached hydrogen (secondary N) is 1. The molecule has 2 amide bonds. The average molecular weight is 455 g/mol. The molecule has 0 aromatic rings. The Morgan fingerprint density at radius 2 is 1.72 bits per heavy atom. The van der Waals surface area contributed by atoms with E-state index < -0.39 is 29.4 Å². The fraction of sp³-hybridized carbons (Fsp3) is 0.739. The van der Waals surface area contributed by atoms with Gasteiger partial charge in [0, 0.05) is 24.6 Å². The number of likely N-dealkylation sites (tertiary alicyclic amines) is 1. The second kappa shape index (κ2) is 12.5. The molecule has 1 fully saturated rings. The SMILES string of the molecule is C=C(C)C(=O)OCCNC(=O)OCCOC(=O)C(C)C(C)(C)C(C(C)C)N1CCCC1=O. The zero-order chi connectivity index (χ0) is 24.5. The molecule has 0 aromatic heterocycles. The lowest BCUT2D eigenvalue weighted by molar-refractivity contribution is -0.157. The molecule has 2 atom stereocenters. The molecule has 182 valence electrons. The Morgan fingerprint density at radius 1 is 1.09 bits per heavy atom. The second-order valence-corrected chi connectivity index (χ2v) is 9.07. The largest absolute Gasteiger partial charge is 0.462 e. The fourth-order valence-electron chi connectivity index (χ4n) is 4.02. The van der Waals surface area contributed by atoms with Gasteiger partial charge in [0.25, 0.3) is 0 Å². The zero-order valence-electron chi connectivity index (χ0n) is 20.2. The van der Waals surface area contributed by atoms with Crippen molar-refractivity contribution in [1.29, 1.82) is 0 Å². The molecule has 2 unspecified atom stereocenters. The first-order valence-electron chi connectivity index (χ1n) is 11.1. The van der Waals surface area contributed by atoms with E-state index in [0.29, 0.717) is 13.0 Å². The summed E-state index contributed by atoms with van der Waals surface area (Å²) in [6.45, 7) is 15.5.